The van der Waals surface area contributed by atoms with Crippen molar-refractivity contribution in [3.8, 4) is 0 Å². The molecule has 3 fully saturated rings. The molecule has 6 heteroatoms. The monoisotopic (exact) mass is 347 g/mol. The molecule has 0 saturated carbocycles. The van der Waals surface area contributed by atoms with Gasteiger partial charge in [-0.05, 0) is 50.5 Å². The fourth-order valence-corrected chi connectivity index (χ4v) is 5.17. The van der Waals surface area contributed by atoms with Gasteiger partial charge in [0.05, 0.1) is 12.6 Å². The van der Waals surface area contributed by atoms with Gasteiger partial charge in [-0.2, -0.15) is 0 Å². The van der Waals surface area contributed by atoms with Crippen molar-refractivity contribution in [2.45, 2.75) is 64.0 Å². The number of nitrogens with zero attached hydrogens (tertiary/aromatic N) is 2. The van der Waals surface area contributed by atoms with Crippen molar-refractivity contribution in [3.05, 3.63) is 11.8 Å². The summed E-state index contributed by atoms with van der Waals surface area (Å²) in [4.78, 5) is 28.4. The Morgan fingerprint density at radius 1 is 1.36 bits per heavy atom. The number of hydrogen-bond acceptors (Lipinski definition) is 4. The summed E-state index contributed by atoms with van der Waals surface area (Å²) >= 11 is 0. The summed E-state index contributed by atoms with van der Waals surface area (Å²) in [6.45, 7) is 5.24. The number of hydrogen-bond donors (Lipinski definition) is 1. The number of nitrogens with one attached hydrogen (secondary N) is 1. The summed E-state index contributed by atoms with van der Waals surface area (Å²) in [5.74, 6) is 0.216. The number of rotatable bonds is 2. The van der Waals surface area contributed by atoms with Gasteiger partial charge in [-0.1, -0.05) is 0 Å². The lowest BCUT2D eigenvalue weighted by Gasteiger charge is -2.37. The molecule has 138 valence electrons. The van der Waals surface area contributed by atoms with Crippen molar-refractivity contribution in [2.24, 2.45) is 5.41 Å². The average Bonchev–Trinajstić information content (AvgIpc) is 2.98. The van der Waals surface area contributed by atoms with Crippen LogP contribution in [-0.2, 0) is 9.53 Å². The molecule has 6 nitrogen and oxygen atoms in total. The largest absolute Gasteiger partial charge is 0.450 e. The lowest BCUT2D eigenvalue weighted by atomic mass is 9.80. The van der Waals surface area contributed by atoms with Crippen molar-refractivity contribution in [2.75, 3.05) is 26.2 Å². The van der Waals surface area contributed by atoms with Gasteiger partial charge >= 0.3 is 6.09 Å². The molecule has 4 aliphatic heterocycles. The smallest absolute Gasteiger partial charge is 0.410 e. The Hall–Kier alpha value is -1.72. The molecule has 2 bridgehead atoms. The molecular weight excluding hydrogens is 318 g/mol. The predicted molar refractivity (Wildman–Crippen MR) is 93.9 cm³/mol. The maximum Gasteiger partial charge on any atom is 0.410 e. The Morgan fingerprint density at radius 3 is 2.96 bits per heavy atom. The van der Waals surface area contributed by atoms with E-state index in [0.29, 0.717) is 13.0 Å². The zero-order valence-corrected chi connectivity index (χ0v) is 15.1. The highest BCUT2D eigenvalue weighted by Gasteiger charge is 2.43. The quantitative estimate of drug-likeness (QED) is 0.832. The lowest BCUT2D eigenvalue weighted by Crippen LogP contribution is -2.45. The van der Waals surface area contributed by atoms with Crippen LogP contribution in [-0.4, -0.2) is 60.1 Å². The van der Waals surface area contributed by atoms with E-state index in [1.165, 1.54) is 5.70 Å². The van der Waals surface area contributed by atoms with E-state index in [0.717, 1.165) is 58.2 Å². The fourth-order valence-electron chi connectivity index (χ4n) is 5.17. The van der Waals surface area contributed by atoms with Crippen molar-refractivity contribution < 1.29 is 14.3 Å². The average molecular weight is 347 g/mol. The first kappa shape index (κ1) is 16.7. The minimum absolute atomic E-state index is 0.157. The minimum atomic E-state index is -0.157. The summed E-state index contributed by atoms with van der Waals surface area (Å²) in [5.41, 5.74) is 1.58. The van der Waals surface area contributed by atoms with Gasteiger partial charge in [0, 0.05) is 44.2 Å². The van der Waals surface area contributed by atoms with E-state index in [-0.39, 0.29) is 29.5 Å². The van der Waals surface area contributed by atoms with Gasteiger partial charge in [0.2, 0.25) is 5.91 Å². The second-order valence-corrected chi connectivity index (χ2v) is 8.06. The van der Waals surface area contributed by atoms with E-state index in [2.05, 4.69) is 16.3 Å². The van der Waals surface area contributed by atoms with E-state index in [4.69, 9.17) is 4.74 Å². The van der Waals surface area contributed by atoms with Gasteiger partial charge in [0.25, 0.3) is 0 Å². The molecule has 0 aromatic heterocycles. The van der Waals surface area contributed by atoms with E-state index in [1.54, 1.807) is 0 Å². The first-order chi connectivity index (χ1) is 12.1. The van der Waals surface area contributed by atoms with Crippen LogP contribution in [0, 0.1) is 5.41 Å². The van der Waals surface area contributed by atoms with Crippen LogP contribution in [0.2, 0.25) is 0 Å². The SMILES string of the molecule is CCOC(=O)N1C2C=C(N3CCCC4(CC3)CNC(=O)C4)CC1CC2. The van der Waals surface area contributed by atoms with Gasteiger partial charge in [0.1, 0.15) is 0 Å². The molecule has 3 atom stereocenters. The van der Waals surface area contributed by atoms with Crippen molar-refractivity contribution in [3.63, 3.8) is 0 Å². The third-order valence-corrected chi connectivity index (χ3v) is 6.50. The summed E-state index contributed by atoms with van der Waals surface area (Å²) < 4.78 is 5.24. The summed E-state index contributed by atoms with van der Waals surface area (Å²) in [5, 5.41) is 3.03. The molecule has 25 heavy (non-hydrogen) atoms. The maximum atomic E-state index is 12.2. The normalized spacial score (nSPS) is 34.8. The number of amides is 2. The highest BCUT2D eigenvalue weighted by molar-refractivity contribution is 5.79. The number of carbonyl (C=O) groups excluding carboxylic acids is 2. The third-order valence-electron chi connectivity index (χ3n) is 6.50. The summed E-state index contributed by atoms with van der Waals surface area (Å²) in [6.07, 6.45) is 9.26. The fraction of sp³-hybridized carbons (Fsp3) is 0.789. The Balaban J connectivity index is 1.44. The standard InChI is InChI=1S/C19H29N3O3/c1-2-25-18(24)22-14-4-5-15(22)11-16(10-14)21-8-3-6-19(7-9-21)12-17(23)20-13-19/h10,14-15H,2-9,11-13H2,1H3,(H,20,23). The summed E-state index contributed by atoms with van der Waals surface area (Å²) in [7, 11) is 0. The van der Waals surface area contributed by atoms with Gasteiger partial charge in [-0.25, -0.2) is 4.79 Å². The molecule has 3 unspecified atom stereocenters. The van der Waals surface area contributed by atoms with Crippen LogP contribution in [0.5, 0.6) is 0 Å². The van der Waals surface area contributed by atoms with Crippen molar-refractivity contribution >= 4 is 12.0 Å². The van der Waals surface area contributed by atoms with Crippen LogP contribution in [0.25, 0.3) is 0 Å². The van der Waals surface area contributed by atoms with E-state index < -0.39 is 0 Å². The van der Waals surface area contributed by atoms with Crippen molar-refractivity contribution in [1.82, 2.24) is 15.1 Å². The molecule has 0 aliphatic carbocycles. The van der Waals surface area contributed by atoms with Crippen LogP contribution >= 0.6 is 0 Å². The van der Waals surface area contributed by atoms with Gasteiger partial charge in [0.15, 0.2) is 0 Å². The van der Waals surface area contributed by atoms with Gasteiger partial charge in [-0.15, -0.1) is 0 Å². The molecule has 4 aliphatic rings. The van der Waals surface area contributed by atoms with Crippen LogP contribution in [0.1, 0.15) is 51.9 Å². The van der Waals surface area contributed by atoms with Crippen LogP contribution < -0.4 is 5.32 Å². The highest BCUT2D eigenvalue weighted by atomic mass is 16.6. The lowest BCUT2D eigenvalue weighted by molar-refractivity contribution is -0.119. The first-order valence-electron chi connectivity index (χ1n) is 9.78. The van der Waals surface area contributed by atoms with E-state index >= 15 is 0 Å². The number of fused-ring (bicyclic) bond motifs is 2. The molecule has 4 rings (SSSR count). The Kier molecular flexibility index (Phi) is 4.38. The van der Waals surface area contributed by atoms with E-state index in [1.807, 2.05) is 11.8 Å². The second-order valence-electron chi connectivity index (χ2n) is 8.06. The first-order valence-corrected chi connectivity index (χ1v) is 9.78. The number of likely N-dealkylation sites (tertiary alicyclic amines) is 1. The molecule has 2 amide bonds. The third kappa shape index (κ3) is 3.11. The topological polar surface area (TPSA) is 61.9 Å². The van der Waals surface area contributed by atoms with Crippen LogP contribution in [0.3, 0.4) is 0 Å². The molecule has 1 N–H and O–H groups in total. The maximum absolute atomic E-state index is 12.2. The molecule has 4 heterocycles. The summed E-state index contributed by atoms with van der Waals surface area (Å²) in [6, 6.07) is 0.482. The van der Waals surface area contributed by atoms with Crippen LogP contribution in [0.4, 0.5) is 4.79 Å². The zero-order valence-electron chi connectivity index (χ0n) is 15.1. The Labute approximate surface area is 149 Å². The Morgan fingerprint density at radius 2 is 2.24 bits per heavy atom. The number of carbonyl (C=O) groups is 2. The molecular formula is C19H29N3O3. The van der Waals surface area contributed by atoms with Gasteiger partial charge < -0.3 is 15.0 Å². The van der Waals surface area contributed by atoms with Gasteiger partial charge in [-0.3, -0.25) is 9.69 Å². The predicted octanol–water partition coefficient (Wildman–Crippen LogP) is 2.26. The Bertz CT molecular complexity index is 590. The van der Waals surface area contributed by atoms with Crippen LogP contribution in [0.15, 0.2) is 11.8 Å². The minimum Gasteiger partial charge on any atom is -0.450 e. The molecule has 0 aromatic rings. The molecule has 1 spiro atoms. The zero-order chi connectivity index (χ0) is 17.4. The second kappa shape index (κ2) is 6.54. The number of ether oxygens (including phenoxy) is 1. The highest BCUT2D eigenvalue weighted by Crippen LogP contribution is 2.41. The van der Waals surface area contributed by atoms with E-state index in [9.17, 15) is 9.59 Å². The van der Waals surface area contributed by atoms with Crippen molar-refractivity contribution in [1.29, 1.82) is 0 Å². The molecule has 3 saturated heterocycles. The molecule has 0 radical (unpaired) electrons. The molecule has 0 aromatic carbocycles.